The maximum absolute atomic E-state index is 13.2. The molecule has 1 aliphatic heterocycles. The Morgan fingerprint density at radius 1 is 0.861 bits per heavy atom. The smallest absolute Gasteiger partial charge is 0.243 e. The van der Waals surface area contributed by atoms with Crippen LogP contribution in [0.4, 0.5) is 0 Å². The first-order valence-corrected chi connectivity index (χ1v) is 13.7. The van der Waals surface area contributed by atoms with Gasteiger partial charge in [-0.2, -0.15) is 4.31 Å². The standard InChI is InChI=1S/C29H32N2O4S/c1-21-29(23-15-17-30(18-16-23)36(32,33)26-13-11-24(34-2)12-14-26)27-9-4-5-10-28(27)31(21)20-22-7-6-8-25(19-22)35-3/h4-14,19,23H,15-18,20H2,1-3H3. The van der Waals surface area contributed by atoms with E-state index in [0.717, 1.165) is 25.1 Å². The number of nitrogens with zero attached hydrogens (tertiary/aromatic N) is 2. The average Bonchev–Trinajstić information content (AvgIpc) is 3.19. The number of hydrogen-bond donors (Lipinski definition) is 0. The Morgan fingerprint density at radius 2 is 1.56 bits per heavy atom. The number of para-hydroxylation sites is 1. The van der Waals surface area contributed by atoms with Crippen molar-refractivity contribution in [2.24, 2.45) is 0 Å². The van der Waals surface area contributed by atoms with Crippen LogP contribution in [0, 0.1) is 6.92 Å². The summed E-state index contributed by atoms with van der Waals surface area (Å²) in [5, 5.41) is 1.26. The molecule has 7 heteroatoms. The molecular formula is C29H32N2O4S. The molecule has 0 N–H and O–H groups in total. The Morgan fingerprint density at radius 3 is 2.25 bits per heavy atom. The lowest BCUT2D eigenvalue weighted by molar-refractivity contribution is 0.319. The third kappa shape index (κ3) is 4.49. The third-order valence-corrected chi connectivity index (χ3v) is 9.23. The van der Waals surface area contributed by atoms with Crippen molar-refractivity contribution in [2.75, 3.05) is 27.3 Å². The summed E-state index contributed by atoms with van der Waals surface area (Å²) in [4.78, 5) is 0.313. The van der Waals surface area contributed by atoms with Crippen LogP contribution < -0.4 is 9.47 Å². The van der Waals surface area contributed by atoms with Crippen LogP contribution in [0.15, 0.2) is 77.7 Å². The van der Waals surface area contributed by atoms with Gasteiger partial charge in [0.2, 0.25) is 10.0 Å². The van der Waals surface area contributed by atoms with Crippen LogP contribution in [0.25, 0.3) is 10.9 Å². The zero-order valence-corrected chi connectivity index (χ0v) is 21.8. The van der Waals surface area contributed by atoms with Crippen LogP contribution in [0.3, 0.4) is 0 Å². The lowest BCUT2D eigenvalue weighted by Gasteiger charge is -2.31. The van der Waals surface area contributed by atoms with Gasteiger partial charge < -0.3 is 14.0 Å². The molecule has 188 valence electrons. The van der Waals surface area contributed by atoms with Crippen molar-refractivity contribution in [1.82, 2.24) is 8.87 Å². The fraction of sp³-hybridized carbons (Fsp3) is 0.310. The van der Waals surface area contributed by atoms with Gasteiger partial charge >= 0.3 is 0 Å². The van der Waals surface area contributed by atoms with Gasteiger partial charge in [0, 0.05) is 36.2 Å². The molecule has 0 radical (unpaired) electrons. The summed E-state index contributed by atoms with van der Waals surface area (Å²) in [7, 11) is -0.264. The van der Waals surface area contributed by atoms with E-state index in [0.29, 0.717) is 29.7 Å². The van der Waals surface area contributed by atoms with Gasteiger partial charge in [-0.25, -0.2) is 8.42 Å². The maximum Gasteiger partial charge on any atom is 0.243 e. The molecule has 3 aromatic carbocycles. The van der Waals surface area contributed by atoms with Crippen molar-refractivity contribution in [1.29, 1.82) is 0 Å². The molecular weight excluding hydrogens is 472 g/mol. The maximum atomic E-state index is 13.2. The van der Waals surface area contributed by atoms with Crippen molar-refractivity contribution in [3.05, 3.63) is 89.6 Å². The summed E-state index contributed by atoms with van der Waals surface area (Å²) in [5.74, 6) is 1.81. The molecule has 6 nitrogen and oxygen atoms in total. The highest BCUT2D eigenvalue weighted by molar-refractivity contribution is 7.89. The van der Waals surface area contributed by atoms with Gasteiger partial charge in [0.25, 0.3) is 0 Å². The fourth-order valence-electron chi connectivity index (χ4n) is 5.41. The van der Waals surface area contributed by atoms with Crippen LogP contribution in [0.2, 0.25) is 0 Å². The van der Waals surface area contributed by atoms with E-state index in [2.05, 4.69) is 47.9 Å². The number of hydrogen-bond acceptors (Lipinski definition) is 4. The Labute approximate surface area is 213 Å². The quantitative estimate of drug-likeness (QED) is 0.330. The largest absolute Gasteiger partial charge is 0.497 e. The van der Waals surface area contributed by atoms with Crippen molar-refractivity contribution in [3.8, 4) is 11.5 Å². The SMILES string of the molecule is COc1ccc(S(=O)(=O)N2CCC(c3c(C)n(Cc4cccc(OC)c4)c4ccccc34)CC2)cc1. The van der Waals surface area contributed by atoms with Crippen LogP contribution >= 0.6 is 0 Å². The summed E-state index contributed by atoms with van der Waals surface area (Å²) in [6.07, 6.45) is 1.59. The Balaban J connectivity index is 1.40. The molecule has 0 spiro atoms. The van der Waals surface area contributed by atoms with E-state index >= 15 is 0 Å². The molecule has 0 saturated carbocycles. The minimum atomic E-state index is -3.53. The predicted octanol–water partition coefficient (Wildman–Crippen LogP) is 5.58. The van der Waals surface area contributed by atoms with Gasteiger partial charge in [0.1, 0.15) is 11.5 Å². The summed E-state index contributed by atoms with van der Waals surface area (Å²) in [6.45, 7) is 3.96. The first-order chi connectivity index (χ1) is 17.4. The molecule has 1 aromatic heterocycles. The van der Waals surface area contributed by atoms with Crippen molar-refractivity contribution in [3.63, 3.8) is 0 Å². The lowest BCUT2D eigenvalue weighted by atomic mass is 9.88. The molecule has 0 aliphatic carbocycles. The Hall–Kier alpha value is -3.29. The number of benzene rings is 3. The minimum absolute atomic E-state index is 0.309. The van der Waals surface area contributed by atoms with Crippen molar-refractivity contribution < 1.29 is 17.9 Å². The van der Waals surface area contributed by atoms with E-state index in [1.165, 1.54) is 27.7 Å². The monoisotopic (exact) mass is 504 g/mol. The minimum Gasteiger partial charge on any atom is -0.497 e. The van der Waals surface area contributed by atoms with E-state index < -0.39 is 10.0 Å². The number of sulfonamides is 1. The summed E-state index contributed by atoms with van der Waals surface area (Å²) >= 11 is 0. The van der Waals surface area contributed by atoms with E-state index in [-0.39, 0.29) is 0 Å². The molecule has 1 aliphatic rings. The number of rotatable bonds is 7. The normalized spacial score (nSPS) is 15.3. The molecule has 5 rings (SSSR count). The van der Waals surface area contributed by atoms with Crippen LogP contribution in [0.1, 0.15) is 35.6 Å². The first-order valence-electron chi connectivity index (χ1n) is 12.3. The van der Waals surface area contributed by atoms with Gasteiger partial charge in [-0.1, -0.05) is 30.3 Å². The zero-order chi connectivity index (χ0) is 25.3. The number of aromatic nitrogens is 1. The van der Waals surface area contributed by atoms with E-state index in [1.807, 2.05) is 12.1 Å². The zero-order valence-electron chi connectivity index (χ0n) is 21.0. The molecule has 0 unspecified atom stereocenters. The topological polar surface area (TPSA) is 60.8 Å². The van der Waals surface area contributed by atoms with Crippen LogP contribution in [-0.4, -0.2) is 44.6 Å². The van der Waals surface area contributed by atoms with E-state index in [1.54, 1.807) is 42.8 Å². The highest BCUT2D eigenvalue weighted by Gasteiger charge is 2.32. The van der Waals surface area contributed by atoms with Gasteiger partial charge in [0.05, 0.1) is 19.1 Å². The van der Waals surface area contributed by atoms with Crippen LogP contribution in [-0.2, 0) is 16.6 Å². The molecule has 0 bridgehead atoms. The Bertz CT molecular complexity index is 1470. The second-order valence-corrected chi connectivity index (χ2v) is 11.2. The Kier molecular flexibility index (Phi) is 6.77. The van der Waals surface area contributed by atoms with Crippen molar-refractivity contribution >= 4 is 20.9 Å². The number of piperidine rings is 1. The lowest BCUT2D eigenvalue weighted by Crippen LogP contribution is -2.38. The molecule has 0 amide bonds. The molecule has 1 fully saturated rings. The van der Waals surface area contributed by atoms with Crippen molar-refractivity contribution in [2.45, 2.75) is 37.1 Å². The number of fused-ring (bicyclic) bond motifs is 1. The summed E-state index contributed by atoms with van der Waals surface area (Å²) in [5.41, 5.74) is 4.98. The van der Waals surface area contributed by atoms with Gasteiger partial charge in [-0.15, -0.1) is 0 Å². The molecule has 4 aromatic rings. The number of methoxy groups -OCH3 is 2. The van der Waals surface area contributed by atoms with E-state index in [9.17, 15) is 8.42 Å². The highest BCUT2D eigenvalue weighted by atomic mass is 32.2. The second-order valence-electron chi connectivity index (χ2n) is 9.31. The first kappa shape index (κ1) is 24.4. The van der Waals surface area contributed by atoms with E-state index in [4.69, 9.17) is 9.47 Å². The van der Waals surface area contributed by atoms with Crippen LogP contribution in [0.5, 0.6) is 11.5 Å². The number of ether oxygens (including phenoxy) is 2. The van der Waals surface area contributed by atoms with Gasteiger partial charge in [-0.3, -0.25) is 0 Å². The summed E-state index contributed by atoms with van der Waals surface area (Å²) < 4.78 is 41.1. The highest BCUT2D eigenvalue weighted by Crippen LogP contribution is 2.39. The molecule has 0 atom stereocenters. The summed E-state index contributed by atoms with van der Waals surface area (Å²) in [6, 6.07) is 23.4. The average molecular weight is 505 g/mol. The van der Waals surface area contributed by atoms with Gasteiger partial charge in [0.15, 0.2) is 0 Å². The van der Waals surface area contributed by atoms with Gasteiger partial charge in [-0.05, 0) is 79.3 Å². The molecule has 2 heterocycles. The molecule has 36 heavy (non-hydrogen) atoms. The third-order valence-electron chi connectivity index (χ3n) is 7.31. The fourth-order valence-corrected chi connectivity index (χ4v) is 6.88. The predicted molar refractivity (Wildman–Crippen MR) is 142 cm³/mol. The second kappa shape index (κ2) is 9.99. The molecule has 1 saturated heterocycles.